The summed E-state index contributed by atoms with van der Waals surface area (Å²) in [5.74, 6) is -1.66. The summed E-state index contributed by atoms with van der Waals surface area (Å²) in [5, 5.41) is 0.961. The van der Waals surface area contributed by atoms with Crippen LogP contribution in [0.1, 0.15) is 27.8 Å². The van der Waals surface area contributed by atoms with E-state index in [1.54, 1.807) is 30.3 Å². The second kappa shape index (κ2) is 8.68. The maximum absolute atomic E-state index is 15.1. The first-order valence-corrected chi connectivity index (χ1v) is 9.66. The van der Waals surface area contributed by atoms with Gasteiger partial charge >= 0.3 is 0 Å². The Labute approximate surface area is 181 Å². The summed E-state index contributed by atoms with van der Waals surface area (Å²) in [4.78, 5) is 0. The zero-order chi connectivity index (χ0) is 22.8. The second-order valence-corrected chi connectivity index (χ2v) is 7.20. The van der Waals surface area contributed by atoms with Gasteiger partial charge in [-0.2, -0.15) is 0 Å². The zero-order valence-electron chi connectivity index (χ0n) is 16.8. The van der Waals surface area contributed by atoms with Crippen LogP contribution in [-0.4, -0.2) is 0 Å². The molecule has 4 aromatic carbocycles. The van der Waals surface area contributed by atoms with Crippen LogP contribution in [0.3, 0.4) is 0 Å². The lowest BCUT2D eigenvalue weighted by Crippen LogP contribution is -1.94. The van der Waals surface area contributed by atoms with Gasteiger partial charge in [0.1, 0.15) is 0 Å². The van der Waals surface area contributed by atoms with Gasteiger partial charge in [0.15, 0.2) is 29.1 Å². The summed E-state index contributed by atoms with van der Waals surface area (Å²) in [6, 6.07) is 18.1. The molecule has 0 aliphatic heterocycles. The van der Waals surface area contributed by atoms with Crippen molar-refractivity contribution in [2.45, 2.75) is 6.92 Å². The van der Waals surface area contributed by atoms with Crippen molar-refractivity contribution in [2.24, 2.45) is 0 Å². The largest absolute Gasteiger partial charge is 0.204 e. The molecule has 0 nitrogen and oxygen atoms in total. The predicted octanol–water partition coefficient (Wildman–Crippen LogP) is 7.73. The smallest absolute Gasteiger partial charge is 0.194 e. The van der Waals surface area contributed by atoms with Gasteiger partial charge in [-0.05, 0) is 48.0 Å². The summed E-state index contributed by atoms with van der Waals surface area (Å²) in [6.45, 7) is 1.97. The van der Waals surface area contributed by atoms with Crippen LogP contribution in [0.2, 0.25) is 0 Å². The number of fused-ring (bicyclic) bond motifs is 1. The van der Waals surface area contributed by atoms with Crippen molar-refractivity contribution in [3.05, 3.63) is 118 Å². The number of hydrogen-bond acceptors (Lipinski definition) is 0. The summed E-state index contributed by atoms with van der Waals surface area (Å²) < 4.78 is 69.9. The molecule has 0 saturated carbocycles. The highest BCUT2D eigenvalue weighted by Gasteiger charge is 2.19. The molecule has 0 unspecified atom stereocenters. The quantitative estimate of drug-likeness (QED) is 0.131. The van der Waals surface area contributed by atoms with Gasteiger partial charge in [-0.3, -0.25) is 0 Å². The molecule has 0 aliphatic rings. The average molecular weight is 434 g/mol. The normalized spacial score (nSPS) is 11.7. The molecule has 4 aromatic rings. The van der Waals surface area contributed by atoms with Crippen molar-refractivity contribution in [1.29, 1.82) is 0 Å². The van der Waals surface area contributed by atoms with Gasteiger partial charge in [-0.25, -0.2) is 22.0 Å². The summed E-state index contributed by atoms with van der Waals surface area (Å²) >= 11 is 0. The van der Waals surface area contributed by atoms with Crippen molar-refractivity contribution in [3.8, 4) is 11.8 Å². The van der Waals surface area contributed by atoms with Crippen LogP contribution in [0, 0.1) is 36.2 Å². The van der Waals surface area contributed by atoms with Crippen LogP contribution in [0.5, 0.6) is 0 Å². The van der Waals surface area contributed by atoms with Crippen LogP contribution >= 0.6 is 0 Å². The molecule has 158 valence electrons. The summed E-state index contributed by atoms with van der Waals surface area (Å²) in [7, 11) is 0. The lowest BCUT2D eigenvalue weighted by Gasteiger charge is -2.09. The van der Waals surface area contributed by atoms with Gasteiger partial charge in [-0.1, -0.05) is 59.9 Å². The number of halogens is 5. The number of benzene rings is 4. The lowest BCUT2D eigenvalue weighted by atomic mass is 9.97. The molecule has 0 bridgehead atoms. The fourth-order valence-electron chi connectivity index (χ4n) is 3.30. The standard InChI is InChI=1S/C27H15F5/c1-16-6-8-17(9-7-16)10-11-18-12-13-22(21-5-3-2-4-20(18)21)26(31)25(30)19-14-23(28)27(32)24(29)15-19/h2-9,12-15H,1H3/b26-25+. The molecule has 0 aromatic heterocycles. The molecule has 0 radical (unpaired) electrons. The molecule has 0 amide bonds. The highest BCUT2D eigenvalue weighted by molar-refractivity contribution is 6.00. The molecule has 0 atom stereocenters. The van der Waals surface area contributed by atoms with Crippen molar-refractivity contribution in [3.63, 3.8) is 0 Å². The molecule has 0 heterocycles. The van der Waals surface area contributed by atoms with E-state index in [1.807, 2.05) is 31.2 Å². The monoisotopic (exact) mass is 434 g/mol. The van der Waals surface area contributed by atoms with E-state index >= 15 is 4.39 Å². The van der Waals surface area contributed by atoms with Gasteiger partial charge in [0, 0.05) is 22.3 Å². The first-order valence-electron chi connectivity index (χ1n) is 9.66. The third-order valence-corrected chi connectivity index (χ3v) is 4.98. The third kappa shape index (κ3) is 4.13. The van der Waals surface area contributed by atoms with Crippen molar-refractivity contribution in [1.82, 2.24) is 0 Å². The van der Waals surface area contributed by atoms with Gasteiger partial charge in [0.05, 0.1) is 0 Å². The van der Waals surface area contributed by atoms with E-state index in [0.29, 0.717) is 28.5 Å². The Bertz CT molecular complexity index is 1400. The highest BCUT2D eigenvalue weighted by Crippen LogP contribution is 2.35. The summed E-state index contributed by atoms with van der Waals surface area (Å²) in [6.07, 6.45) is 0. The number of hydrogen-bond donors (Lipinski definition) is 0. The molecule has 32 heavy (non-hydrogen) atoms. The van der Waals surface area contributed by atoms with E-state index in [2.05, 4.69) is 11.8 Å². The fraction of sp³-hybridized carbons (Fsp3) is 0.0370. The van der Waals surface area contributed by atoms with Crippen molar-refractivity contribution in [2.75, 3.05) is 0 Å². The molecule has 5 heteroatoms. The van der Waals surface area contributed by atoms with Crippen molar-refractivity contribution >= 4 is 22.4 Å². The Morgan fingerprint density at radius 2 is 1.31 bits per heavy atom. The van der Waals surface area contributed by atoms with Crippen molar-refractivity contribution < 1.29 is 22.0 Å². The molecule has 0 fully saturated rings. The Hall–Kier alpha value is -3.91. The van der Waals surface area contributed by atoms with Gasteiger partial charge in [-0.15, -0.1) is 0 Å². The minimum atomic E-state index is -1.75. The number of aryl methyl sites for hydroxylation is 1. The van der Waals surface area contributed by atoms with Crippen LogP contribution in [-0.2, 0) is 0 Å². The highest BCUT2D eigenvalue weighted by atomic mass is 19.2. The van der Waals surface area contributed by atoms with Crippen LogP contribution in [0.4, 0.5) is 22.0 Å². The van der Waals surface area contributed by atoms with E-state index in [-0.39, 0.29) is 5.56 Å². The Morgan fingerprint density at radius 1 is 0.688 bits per heavy atom. The molecule has 0 aliphatic carbocycles. The van der Waals surface area contributed by atoms with Crippen LogP contribution < -0.4 is 0 Å². The molecule has 0 N–H and O–H groups in total. The van der Waals surface area contributed by atoms with Crippen LogP contribution in [0.25, 0.3) is 22.4 Å². The Morgan fingerprint density at radius 3 is 1.97 bits per heavy atom. The maximum atomic E-state index is 15.1. The fourth-order valence-corrected chi connectivity index (χ4v) is 3.30. The zero-order valence-corrected chi connectivity index (χ0v) is 16.8. The van der Waals surface area contributed by atoms with E-state index in [9.17, 15) is 17.6 Å². The minimum absolute atomic E-state index is 0.107. The first kappa shape index (κ1) is 21.3. The summed E-state index contributed by atoms with van der Waals surface area (Å²) in [5.41, 5.74) is 1.68. The number of rotatable bonds is 2. The molecule has 0 spiro atoms. The van der Waals surface area contributed by atoms with E-state index in [0.717, 1.165) is 11.1 Å². The average Bonchev–Trinajstić information content (AvgIpc) is 2.80. The van der Waals surface area contributed by atoms with Gasteiger partial charge < -0.3 is 0 Å². The SMILES string of the molecule is Cc1ccc(C#Cc2ccc(/C(F)=C(\F)c3cc(F)c(F)c(F)c3)c3ccccc23)cc1. The van der Waals surface area contributed by atoms with Gasteiger partial charge in [0.2, 0.25) is 0 Å². The van der Waals surface area contributed by atoms with Crippen LogP contribution in [0.15, 0.2) is 72.8 Å². The Balaban J connectivity index is 1.82. The third-order valence-electron chi connectivity index (χ3n) is 4.98. The minimum Gasteiger partial charge on any atom is -0.204 e. The second-order valence-electron chi connectivity index (χ2n) is 7.20. The molecule has 4 rings (SSSR count). The Kier molecular flexibility index (Phi) is 5.79. The van der Waals surface area contributed by atoms with E-state index < -0.39 is 34.7 Å². The van der Waals surface area contributed by atoms with E-state index in [1.165, 1.54) is 6.07 Å². The molecular formula is C27H15F5. The molecule has 0 saturated heterocycles. The van der Waals surface area contributed by atoms with E-state index in [4.69, 9.17) is 0 Å². The topological polar surface area (TPSA) is 0 Å². The maximum Gasteiger partial charge on any atom is 0.194 e. The van der Waals surface area contributed by atoms with Gasteiger partial charge in [0.25, 0.3) is 0 Å². The first-order chi connectivity index (χ1) is 15.3. The lowest BCUT2D eigenvalue weighted by molar-refractivity contribution is 0.446. The molecular weight excluding hydrogens is 419 g/mol. The predicted molar refractivity (Wildman–Crippen MR) is 116 cm³/mol.